The molecule has 0 radical (unpaired) electrons. The lowest BCUT2D eigenvalue weighted by Gasteiger charge is -2.65. The van der Waals surface area contributed by atoms with Crippen LogP contribution in [0.25, 0.3) is 0 Å². The molecule has 3 atom stereocenters. The number of oxime groups is 1. The molecule has 4 aliphatic rings. The zero-order valence-corrected chi connectivity index (χ0v) is 13.3. The molecule has 4 saturated carbocycles. The Morgan fingerprint density at radius 1 is 1.24 bits per heavy atom. The number of nitrogens with zero attached hydrogens (tertiary/aromatic N) is 1. The molecule has 4 rings (SSSR count). The van der Waals surface area contributed by atoms with Crippen LogP contribution in [0.1, 0.15) is 59.3 Å². The van der Waals surface area contributed by atoms with Crippen LogP contribution in [0.4, 0.5) is 0 Å². The lowest BCUT2D eigenvalue weighted by molar-refractivity contribution is -0.140. The van der Waals surface area contributed by atoms with E-state index in [9.17, 15) is 4.79 Å². The highest BCUT2D eigenvalue weighted by atomic mass is 16.4. The molecule has 21 heavy (non-hydrogen) atoms. The molecule has 0 aromatic heterocycles. The number of carbonyl (C=O) groups excluding carboxylic acids is 1. The first-order chi connectivity index (χ1) is 9.68. The van der Waals surface area contributed by atoms with Crippen molar-refractivity contribution in [2.45, 2.75) is 64.8 Å². The fourth-order valence-corrected chi connectivity index (χ4v) is 6.18. The molecule has 3 unspecified atom stereocenters. The molecule has 0 heterocycles. The number of carbonyl (C=O) groups is 1. The molecule has 0 saturated heterocycles. The second-order valence-electron chi connectivity index (χ2n) is 8.65. The van der Waals surface area contributed by atoms with E-state index in [2.05, 4.69) is 24.3 Å². The Kier molecular flexibility index (Phi) is 3.05. The van der Waals surface area contributed by atoms with Gasteiger partial charge in [0, 0.05) is 5.54 Å². The van der Waals surface area contributed by atoms with Crippen molar-refractivity contribution in [3.8, 4) is 0 Å². The molecular weight excluding hydrogens is 266 g/mol. The zero-order valence-electron chi connectivity index (χ0n) is 13.3. The fourth-order valence-electron chi connectivity index (χ4n) is 6.18. The van der Waals surface area contributed by atoms with Crippen molar-refractivity contribution in [2.24, 2.45) is 33.6 Å². The highest BCUT2D eigenvalue weighted by Crippen LogP contribution is 2.66. The van der Waals surface area contributed by atoms with Crippen LogP contribution in [-0.2, 0) is 4.79 Å². The summed E-state index contributed by atoms with van der Waals surface area (Å²) in [4.78, 5) is 12.5. The van der Waals surface area contributed by atoms with E-state index < -0.39 is 5.92 Å². The predicted molar refractivity (Wildman–Crippen MR) is 80.9 cm³/mol. The van der Waals surface area contributed by atoms with Crippen molar-refractivity contribution in [3.63, 3.8) is 0 Å². The third-order valence-corrected chi connectivity index (χ3v) is 5.97. The minimum atomic E-state index is -0.580. The highest BCUT2D eigenvalue weighted by molar-refractivity contribution is 6.01. The van der Waals surface area contributed by atoms with Crippen LogP contribution in [0, 0.1) is 22.7 Å². The highest BCUT2D eigenvalue weighted by Gasteiger charge is 2.60. The summed E-state index contributed by atoms with van der Waals surface area (Å²) in [5, 5.41) is 15.0. The average molecular weight is 293 g/mol. The smallest absolute Gasteiger partial charge is 0.230 e. The number of nitrogens with one attached hydrogen (secondary N) is 1. The molecular formula is C16H27N3O2. The average Bonchev–Trinajstić information content (AvgIpc) is 2.31. The zero-order chi connectivity index (χ0) is 15.5. The van der Waals surface area contributed by atoms with Gasteiger partial charge in [-0.3, -0.25) is 4.79 Å². The van der Waals surface area contributed by atoms with E-state index >= 15 is 0 Å². The Bertz CT molecular complexity index is 484. The lowest BCUT2D eigenvalue weighted by atomic mass is 9.42. The second-order valence-corrected chi connectivity index (χ2v) is 8.65. The SMILES string of the molecule is CC(C(=O)NC12CC3CC(C)(CC(C)(C3)C1)C2)C(N)=NO. The van der Waals surface area contributed by atoms with Crippen LogP contribution in [0.5, 0.6) is 0 Å². The third kappa shape index (κ3) is 2.40. The summed E-state index contributed by atoms with van der Waals surface area (Å²) in [5.74, 6) is 0.0217. The van der Waals surface area contributed by atoms with Crippen molar-refractivity contribution in [2.75, 3.05) is 0 Å². The van der Waals surface area contributed by atoms with Gasteiger partial charge in [0.2, 0.25) is 5.91 Å². The Balaban J connectivity index is 1.81. The first-order valence-corrected chi connectivity index (χ1v) is 7.98. The largest absolute Gasteiger partial charge is 0.409 e. The molecule has 118 valence electrons. The van der Waals surface area contributed by atoms with Crippen LogP contribution in [0.2, 0.25) is 0 Å². The Morgan fingerprint density at radius 3 is 2.29 bits per heavy atom. The van der Waals surface area contributed by atoms with Gasteiger partial charge < -0.3 is 16.3 Å². The van der Waals surface area contributed by atoms with Gasteiger partial charge in [0.05, 0.1) is 5.92 Å². The molecule has 4 fully saturated rings. The third-order valence-electron chi connectivity index (χ3n) is 5.97. The van der Waals surface area contributed by atoms with Crippen molar-refractivity contribution in [1.82, 2.24) is 5.32 Å². The molecule has 0 aliphatic heterocycles. The van der Waals surface area contributed by atoms with E-state index in [0.29, 0.717) is 10.8 Å². The molecule has 5 heteroatoms. The van der Waals surface area contributed by atoms with Crippen LogP contribution in [0.15, 0.2) is 5.16 Å². The van der Waals surface area contributed by atoms with Crippen molar-refractivity contribution < 1.29 is 10.0 Å². The van der Waals surface area contributed by atoms with Gasteiger partial charge >= 0.3 is 0 Å². The van der Waals surface area contributed by atoms with Crippen molar-refractivity contribution in [3.05, 3.63) is 0 Å². The quantitative estimate of drug-likeness (QED) is 0.323. The van der Waals surface area contributed by atoms with E-state index in [4.69, 9.17) is 10.9 Å². The van der Waals surface area contributed by atoms with Crippen molar-refractivity contribution in [1.29, 1.82) is 0 Å². The number of hydrogen-bond acceptors (Lipinski definition) is 3. The summed E-state index contributed by atoms with van der Waals surface area (Å²) >= 11 is 0. The maximum Gasteiger partial charge on any atom is 0.230 e. The minimum absolute atomic E-state index is 0.0188. The summed E-state index contributed by atoms with van der Waals surface area (Å²) in [6, 6.07) is 0. The molecule has 4 bridgehead atoms. The topological polar surface area (TPSA) is 87.7 Å². The first kappa shape index (κ1) is 14.7. The van der Waals surface area contributed by atoms with Gasteiger partial charge in [-0.15, -0.1) is 0 Å². The van der Waals surface area contributed by atoms with Gasteiger partial charge in [-0.1, -0.05) is 19.0 Å². The summed E-state index contributed by atoms with van der Waals surface area (Å²) in [6.45, 7) is 6.45. The maximum absolute atomic E-state index is 12.5. The summed E-state index contributed by atoms with van der Waals surface area (Å²) in [5.41, 5.74) is 6.22. The molecule has 0 spiro atoms. The van der Waals surface area contributed by atoms with Gasteiger partial charge in [0.1, 0.15) is 0 Å². The van der Waals surface area contributed by atoms with E-state index in [0.717, 1.165) is 25.2 Å². The fraction of sp³-hybridized carbons (Fsp3) is 0.875. The number of nitrogens with two attached hydrogens (primary N) is 1. The van der Waals surface area contributed by atoms with Gasteiger partial charge in [-0.05, 0) is 62.2 Å². The molecule has 0 aromatic carbocycles. The number of hydrogen-bond donors (Lipinski definition) is 3. The minimum Gasteiger partial charge on any atom is -0.409 e. The molecule has 4 N–H and O–H groups in total. The van der Waals surface area contributed by atoms with Crippen LogP contribution in [-0.4, -0.2) is 22.5 Å². The van der Waals surface area contributed by atoms with Crippen LogP contribution >= 0.6 is 0 Å². The van der Waals surface area contributed by atoms with Crippen LogP contribution < -0.4 is 11.1 Å². The molecule has 1 amide bonds. The van der Waals surface area contributed by atoms with Gasteiger partial charge in [0.25, 0.3) is 0 Å². The lowest BCUT2D eigenvalue weighted by Crippen LogP contribution is -2.65. The van der Waals surface area contributed by atoms with Gasteiger partial charge in [-0.2, -0.15) is 0 Å². The van der Waals surface area contributed by atoms with Gasteiger partial charge in [0.15, 0.2) is 5.84 Å². The monoisotopic (exact) mass is 293 g/mol. The summed E-state index contributed by atoms with van der Waals surface area (Å²) in [7, 11) is 0. The second kappa shape index (κ2) is 4.37. The van der Waals surface area contributed by atoms with Crippen LogP contribution in [0.3, 0.4) is 0 Å². The molecule has 4 aliphatic carbocycles. The number of rotatable bonds is 3. The molecule has 5 nitrogen and oxygen atoms in total. The normalized spacial score (nSPS) is 46.4. The number of amides is 1. The Labute approximate surface area is 126 Å². The van der Waals surface area contributed by atoms with E-state index in [-0.39, 0.29) is 17.3 Å². The summed E-state index contributed by atoms with van der Waals surface area (Å²) < 4.78 is 0. The van der Waals surface area contributed by atoms with E-state index in [1.165, 1.54) is 19.3 Å². The van der Waals surface area contributed by atoms with E-state index in [1.807, 2.05) is 0 Å². The first-order valence-electron chi connectivity index (χ1n) is 7.98. The molecule has 0 aromatic rings. The maximum atomic E-state index is 12.5. The van der Waals surface area contributed by atoms with Crippen molar-refractivity contribution >= 4 is 11.7 Å². The Hall–Kier alpha value is -1.26. The van der Waals surface area contributed by atoms with E-state index in [1.54, 1.807) is 6.92 Å². The summed E-state index contributed by atoms with van der Waals surface area (Å²) in [6.07, 6.45) is 7.12. The number of amidine groups is 1. The predicted octanol–water partition coefficient (Wildman–Crippen LogP) is 2.23. The van der Waals surface area contributed by atoms with Gasteiger partial charge in [-0.25, -0.2) is 0 Å². The Morgan fingerprint density at radius 2 is 1.81 bits per heavy atom. The standard InChI is InChI=1S/C16H27N3O2/c1-10(12(17)19-21)13(20)18-16-6-11-4-14(2,8-16)7-15(3,5-11)9-16/h10-11,21H,4-9H2,1-3H3,(H2,17,19)(H,18,20).